The predicted molar refractivity (Wildman–Crippen MR) is 113 cm³/mol. The van der Waals surface area contributed by atoms with E-state index in [1.54, 1.807) is 0 Å². The summed E-state index contributed by atoms with van der Waals surface area (Å²) in [6.45, 7) is 8.49. The van der Waals surface area contributed by atoms with Crippen LogP contribution in [0.5, 0.6) is 0 Å². The van der Waals surface area contributed by atoms with Crippen LogP contribution in [0.1, 0.15) is 40.5 Å². The minimum Gasteiger partial charge on any atom is -0.326 e. The van der Waals surface area contributed by atoms with Gasteiger partial charge in [-0.15, -0.1) is 0 Å². The van der Waals surface area contributed by atoms with Crippen molar-refractivity contribution in [2.24, 2.45) is 22.7 Å². The summed E-state index contributed by atoms with van der Waals surface area (Å²) < 4.78 is 0. The Bertz CT molecular complexity index is 833. The lowest BCUT2D eigenvalue weighted by Gasteiger charge is -2.09. The lowest BCUT2D eigenvalue weighted by Crippen LogP contribution is -2.16. The number of carbonyl (C=O) groups excluding carboxylic acids is 2. The largest absolute Gasteiger partial charge is 0.326 e. The van der Waals surface area contributed by atoms with Crippen LogP contribution >= 0.6 is 0 Å². The second-order valence-electron chi connectivity index (χ2n) is 9.62. The molecule has 4 rings (SSSR count). The van der Waals surface area contributed by atoms with E-state index in [1.165, 1.54) is 0 Å². The van der Waals surface area contributed by atoms with E-state index >= 15 is 0 Å². The van der Waals surface area contributed by atoms with Gasteiger partial charge in [-0.05, 0) is 59.1 Å². The Hall–Kier alpha value is -2.62. The first-order chi connectivity index (χ1) is 13.2. The first-order valence-electron chi connectivity index (χ1n) is 9.98. The Balaban J connectivity index is 1.36. The molecule has 2 unspecified atom stereocenters. The van der Waals surface area contributed by atoms with Gasteiger partial charge in [0.2, 0.25) is 11.8 Å². The third-order valence-corrected chi connectivity index (χ3v) is 6.30. The third-order valence-electron chi connectivity index (χ3n) is 6.30. The topological polar surface area (TPSA) is 58.2 Å². The number of nitrogens with one attached hydrogen (secondary N) is 2. The quantitative estimate of drug-likeness (QED) is 0.742. The van der Waals surface area contributed by atoms with Gasteiger partial charge in [-0.25, -0.2) is 0 Å². The fourth-order valence-electron chi connectivity index (χ4n) is 3.78. The van der Waals surface area contributed by atoms with E-state index in [-0.39, 0.29) is 34.5 Å². The molecule has 2 N–H and O–H groups in total. The summed E-state index contributed by atoms with van der Waals surface area (Å²) in [5.74, 6) is 0.459. The minimum atomic E-state index is 0.108. The van der Waals surface area contributed by atoms with Crippen LogP contribution in [0.4, 0.5) is 11.4 Å². The normalized spacial score (nSPS) is 23.6. The maximum Gasteiger partial charge on any atom is 0.228 e. The van der Waals surface area contributed by atoms with Crippen molar-refractivity contribution in [2.45, 2.75) is 40.5 Å². The van der Waals surface area contributed by atoms with Crippen LogP contribution in [0.25, 0.3) is 11.1 Å². The van der Waals surface area contributed by atoms with E-state index in [0.29, 0.717) is 0 Å². The van der Waals surface area contributed by atoms with Crippen LogP contribution in [0, 0.1) is 22.7 Å². The van der Waals surface area contributed by atoms with E-state index in [0.717, 1.165) is 35.3 Å². The molecular weight excluding hydrogens is 348 g/mol. The summed E-state index contributed by atoms with van der Waals surface area (Å²) in [5, 5.41) is 6.01. The molecule has 2 aliphatic rings. The molecule has 2 aliphatic carbocycles. The van der Waals surface area contributed by atoms with Gasteiger partial charge < -0.3 is 10.6 Å². The molecule has 4 nitrogen and oxygen atoms in total. The van der Waals surface area contributed by atoms with Crippen molar-refractivity contribution in [1.82, 2.24) is 0 Å². The molecule has 0 spiro atoms. The van der Waals surface area contributed by atoms with Gasteiger partial charge in [0.1, 0.15) is 0 Å². The van der Waals surface area contributed by atoms with Crippen molar-refractivity contribution < 1.29 is 9.59 Å². The molecule has 0 saturated heterocycles. The van der Waals surface area contributed by atoms with Gasteiger partial charge in [0, 0.05) is 23.2 Å². The molecule has 0 bridgehead atoms. The van der Waals surface area contributed by atoms with Crippen molar-refractivity contribution in [1.29, 1.82) is 0 Å². The zero-order valence-electron chi connectivity index (χ0n) is 17.0. The van der Waals surface area contributed by atoms with Gasteiger partial charge in [0.25, 0.3) is 0 Å². The van der Waals surface area contributed by atoms with Gasteiger partial charge in [-0.2, -0.15) is 0 Å². The first-order valence-corrected chi connectivity index (χ1v) is 9.98. The van der Waals surface area contributed by atoms with Gasteiger partial charge >= 0.3 is 0 Å². The summed E-state index contributed by atoms with van der Waals surface area (Å²) >= 11 is 0. The lowest BCUT2D eigenvalue weighted by molar-refractivity contribution is -0.118. The molecule has 2 amide bonds. The lowest BCUT2D eigenvalue weighted by atomic mass is 10.0. The van der Waals surface area contributed by atoms with Crippen molar-refractivity contribution in [3.05, 3.63) is 48.5 Å². The number of benzene rings is 2. The smallest absolute Gasteiger partial charge is 0.228 e. The van der Waals surface area contributed by atoms with Crippen LogP contribution < -0.4 is 10.6 Å². The molecule has 2 fully saturated rings. The summed E-state index contributed by atoms with van der Waals surface area (Å²) in [4.78, 5) is 24.4. The van der Waals surface area contributed by atoms with Crippen LogP contribution in [-0.2, 0) is 9.59 Å². The number of hydrogen-bond acceptors (Lipinski definition) is 2. The molecule has 0 aliphatic heterocycles. The SMILES string of the molecule is CC1(C)CC1C(=O)Nc1ccc(-c2ccc(NC(=O)C3CC3(C)C)cc2)cc1. The van der Waals surface area contributed by atoms with Gasteiger partial charge in [-0.1, -0.05) is 52.0 Å². The highest BCUT2D eigenvalue weighted by Crippen LogP contribution is 2.52. The molecule has 146 valence electrons. The summed E-state index contributed by atoms with van der Waals surface area (Å²) in [7, 11) is 0. The molecule has 0 heterocycles. The number of hydrogen-bond donors (Lipinski definition) is 2. The number of anilines is 2. The van der Waals surface area contributed by atoms with E-state index < -0.39 is 0 Å². The molecule has 4 heteroatoms. The maximum atomic E-state index is 12.2. The first kappa shape index (κ1) is 18.7. The zero-order valence-corrected chi connectivity index (χ0v) is 17.0. The Kier molecular flexibility index (Phi) is 4.33. The molecule has 2 aromatic carbocycles. The predicted octanol–water partition coefficient (Wildman–Crippen LogP) is 5.32. The molecule has 2 saturated carbocycles. The second kappa shape index (κ2) is 6.47. The highest BCUT2D eigenvalue weighted by molar-refractivity contribution is 5.96. The van der Waals surface area contributed by atoms with E-state index in [1.807, 2.05) is 48.5 Å². The van der Waals surface area contributed by atoms with Crippen molar-refractivity contribution in [2.75, 3.05) is 10.6 Å². The average Bonchev–Trinajstić information content (AvgIpc) is 3.50. The fourth-order valence-corrected chi connectivity index (χ4v) is 3.78. The second-order valence-corrected chi connectivity index (χ2v) is 9.62. The number of rotatable bonds is 5. The molecular formula is C24H28N2O2. The van der Waals surface area contributed by atoms with E-state index in [2.05, 4.69) is 38.3 Å². The monoisotopic (exact) mass is 376 g/mol. The third kappa shape index (κ3) is 3.82. The molecule has 2 atom stereocenters. The van der Waals surface area contributed by atoms with E-state index in [4.69, 9.17) is 0 Å². The number of amides is 2. The van der Waals surface area contributed by atoms with Crippen LogP contribution in [0.2, 0.25) is 0 Å². The van der Waals surface area contributed by atoms with Gasteiger partial charge in [0.05, 0.1) is 0 Å². The Labute approximate surface area is 166 Å². The average molecular weight is 377 g/mol. The fraction of sp³-hybridized carbons (Fsp3) is 0.417. The van der Waals surface area contributed by atoms with Gasteiger partial charge in [0.15, 0.2) is 0 Å². The van der Waals surface area contributed by atoms with Crippen molar-refractivity contribution in [3.63, 3.8) is 0 Å². The number of carbonyl (C=O) groups is 2. The molecule has 28 heavy (non-hydrogen) atoms. The standard InChI is InChI=1S/C24H28N2O2/c1-23(2)13-19(23)21(27)25-17-9-5-15(6-10-17)16-7-11-18(12-8-16)26-22(28)20-14-24(20,3)4/h5-12,19-20H,13-14H2,1-4H3,(H,25,27)(H,26,28). The van der Waals surface area contributed by atoms with Crippen LogP contribution in [0.3, 0.4) is 0 Å². The summed E-state index contributed by atoms with van der Waals surface area (Å²) in [6, 6.07) is 15.8. The highest BCUT2D eigenvalue weighted by atomic mass is 16.2. The zero-order chi connectivity index (χ0) is 20.1. The van der Waals surface area contributed by atoms with E-state index in [9.17, 15) is 9.59 Å². The molecule has 0 radical (unpaired) electrons. The maximum absolute atomic E-state index is 12.2. The summed E-state index contributed by atoms with van der Waals surface area (Å²) in [5.41, 5.74) is 4.07. The van der Waals surface area contributed by atoms with Crippen LogP contribution in [0.15, 0.2) is 48.5 Å². The van der Waals surface area contributed by atoms with Gasteiger partial charge in [-0.3, -0.25) is 9.59 Å². The highest BCUT2D eigenvalue weighted by Gasteiger charge is 2.51. The Morgan fingerprint density at radius 2 is 0.964 bits per heavy atom. The minimum absolute atomic E-state index is 0.108. The van der Waals surface area contributed by atoms with Crippen molar-refractivity contribution >= 4 is 23.2 Å². The summed E-state index contributed by atoms with van der Waals surface area (Å²) in [6.07, 6.45) is 1.91. The Morgan fingerprint density at radius 1 is 0.679 bits per heavy atom. The molecule has 0 aromatic heterocycles. The molecule has 2 aromatic rings. The Morgan fingerprint density at radius 3 is 1.21 bits per heavy atom. The van der Waals surface area contributed by atoms with Crippen molar-refractivity contribution in [3.8, 4) is 11.1 Å². The van der Waals surface area contributed by atoms with Crippen LogP contribution in [-0.4, -0.2) is 11.8 Å².